The molecule has 0 aromatic heterocycles. The second kappa shape index (κ2) is 3.15. The Kier molecular flexibility index (Phi) is 2.88. The molecular formula is C8H15N3O. The van der Waals surface area contributed by atoms with Crippen LogP contribution in [0.4, 0.5) is 0 Å². The summed E-state index contributed by atoms with van der Waals surface area (Å²) in [5.41, 5.74) is 7.30. The second-order valence-electron chi connectivity index (χ2n) is 4.37. The Morgan fingerprint density at radius 2 is 1.67 bits per heavy atom. The molecule has 0 aromatic rings. The number of carbonyl (C=O) groups excluding carboxylic acids is 1. The van der Waals surface area contributed by atoms with E-state index in [1.807, 2.05) is 20.8 Å². The van der Waals surface area contributed by atoms with E-state index in [0.29, 0.717) is 0 Å². The Morgan fingerprint density at radius 3 is 1.92 bits per heavy atom. The molecule has 0 atom stereocenters. The van der Waals surface area contributed by atoms with E-state index in [1.165, 1.54) is 0 Å². The predicted molar refractivity (Wildman–Crippen MR) is 47.4 cm³/mol. The summed E-state index contributed by atoms with van der Waals surface area (Å²) < 4.78 is 0. The summed E-state index contributed by atoms with van der Waals surface area (Å²) >= 11 is 0. The van der Waals surface area contributed by atoms with E-state index in [0.717, 1.165) is 0 Å². The molecule has 0 aromatic carbocycles. The smallest absolute Gasteiger partial charge is 0.225 e. The third-order valence-electron chi connectivity index (χ3n) is 2.55. The van der Waals surface area contributed by atoms with Crippen molar-refractivity contribution in [2.75, 3.05) is 0 Å². The predicted octanol–water partition coefficient (Wildman–Crippen LogP) is 2.90. The first-order valence-corrected chi connectivity index (χ1v) is 3.83. The minimum absolute atomic E-state index is 0.196. The quantitative estimate of drug-likeness (QED) is 0.338. The first kappa shape index (κ1) is 11.0. The number of nitrogens with zero attached hydrogens (tertiary/aromatic N) is 3. The lowest BCUT2D eigenvalue weighted by atomic mass is 9.69. The van der Waals surface area contributed by atoms with E-state index in [-0.39, 0.29) is 5.41 Å². The van der Waals surface area contributed by atoms with Gasteiger partial charge in [-0.25, -0.2) is 0 Å². The lowest BCUT2D eigenvalue weighted by Crippen LogP contribution is -2.36. The molecule has 0 unspecified atom stereocenters. The zero-order chi connectivity index (χ0) is 9.99. The Morgan fingerprint density at radius 1 is 1.25 bits per heavy atom. The molecule has 0 bridgehead atoms. The lowest BCUT2D eigenvalue weighted by Gasteiger charge is -2.35. The fraction of sp³-hybridized carbons (Fsp3) is 0.875. The van der Waals surface area contributed by atoms with Crippen molar-refractivity contribution in [3.8, 4) is 0 Å². The molecule has 0 spiro atoms. The highest BCUT2D eigenvalue weighted by molar-refractivity contribution is 5.83. The third kappa shape index (κ3) is 1.98. The molecular weight excluding hydrogens is 154 g/mol. The maximum absolute atomic E-state index is 11.3. The maximum atomic E-state index is 11.3. The van der Waals surface area contributed by atoms with Gasteiger partial charge in [0.25, 0.3) is 0 Å². The van der Waals surface area contributed by atoms with Crippen LogP contribution in [0.3, 0.4) is 0 Å². The molecule has 0 aliphatic heterocycles. The van der Waals surface area contributed by atoms with E-state index in [9.17, 15) is 4.79 Å². The number of hydrogen-bond donors (Lipinski definition) is 0. The number of carbonyl (C=O) groups is 1. The largest absolute Gasteiger partial charge is 0.292 e. The lowest BCUT2D eigenvalue weighted by molar-refractivity contribution is -0.131. The number of hydrogen-bond acceptors (Lipinski definition) is 1. The standard InChI is InChI=1S/C8H15N3O/c1-7(2,3)8(4,5)6(12)10-11-9/h1-5H3. The van der Waals surface area contributed by atoms with Crippen molar-refractivity contribution in [3.63, 3.8) is 0 Å². The first-order chi connectivity index (χ1) is 5.23. The summed E-state index contributed by atoms with van der Waals surface area (Å²) in [6, 6.07) is 0. The van der Waals surface area contributed by atoms with Crippen LogP contribution in [0, 0.1) is 10.8 Å². The van der Waals surface area contributed by atoms with Gasteiger partial charge in [0.2, 0.25) is 5.91 Å². The summed E-state index contributed by atoms with van der Waals surface area (Å²) in [5.74, 6) is -0.405. The van der Waals surface area contributed by atoms with Gasteiger partial charge in [-0.3, -0.25) is 4.79 Å². The fourth-order valence-corrected chi connectivity index (χ4v) is 0.486. The summed E-state index contributed by atoms with van der Waals surface area (Å²) in [5, 5.41) is 3.10. The molecule has 0 heterocycles. The summed E-state index contributed by atoms with van der Waals surface area (Å²) in [4.78, 5) is 13.8. The summed E-state index contributed by atoms with van der Waals surface area (Å²) in [7, 11) is 0. The van der Waals surface area contributed by atoms with Gasteiger partial charge in [0, 0.05) is 10.3 Å². The van der Waals surface area contributed by atoms with Crippen molar-refractivity contribution < 1.29 is 4.79 Å². The molecule has 4 heteroatoms. The molecule has 0 radical (unpaired) electrons. The zero-order valence-electron chi connectivity index (χ0n) is 8.25. The number of amides is 1. The van der Waals surface area contributed by atoms with Gasteiger partial charge in [-0.05, 0) is 16.1 Å². The van der Waals surface area contributed by atoms with Crippen LogP contribution in [0.15, 0.2) is 5.11 Å². The van der Waals surface area contributed by atoms with Gasteiger partial charge in [-0.2, -0.15) is 0 Å². The normalized spacial score (nSPS) is 12.1. The molecule has 0 saturated carbocycles. The molecule has 0 N–H and O–H groups in total. The molecule has 0 aliphatic rings. The molecule has 0 fully saturated rings. The minimum Gasteiger partial charge on any atom is -0.292 e. The zero-order valence-corrected chi connectivity index (χ0v) is 8.25. The van der Waals surface area contributed by atoms with Crippen LogP contribution < -0.4 is 0 Å². The Bertz CT molecular complexity index is 231. The van der Waals surface area contributed by atoms with Crippen molar-refractivity contribution in [1.29, 1.82) is 0 Å². The van der Waals surface area contributed by atoms with Crippen molar-refractivity contribution in [2.24, 2.45) is 15.9 Å². The van der Waals surface area contributed by atoms with E-state index in [4.69, 9.17) is 5.53 Å². The van der Waals surface area contributed by atoms with Gasteiger partial charge in [-0.15, -0.1) is 0 Å². The van der Waals surface area contributed by atoms with Gasteiger partial charge >= 0.3 is 0 Å². The van der Waals surface area contributed by atoms with Crippen molar-refractivity contribution >= 4 is 5.91 Å². The highest BCUT2D eigenvalue weighted by atomic mass is 16.2. The monoisotopic (exact) mass is 169 g/mol. The summed E-state index contributed by atoms with van der Waals surface area (Å²) in [6.45, 7) is 9.39. The molecule has 1 amide bonds. The van der Waals surface area contributed by atoms with E-state index in [1.54, 1.807) is 13.8 Å². The Labute approximate surface area is 72.6 Å². The van der Waals surface area contributed by atoms with Crippen LogP contribution >= 0.6 is 0 Å². The van der Waals surface area contributed by atoms with Crippen molar-refractivity contribution in [3.05, 3.63) is 10.4 Å². The molecule has 68 valence electrons. The highest BCUT2D eigenvalue weighted by Gasteiger charge is 2.38. The highest BCUT2D eigenvalue weighted by Crippen LogP contribution is 2.38. The van der Waals surface area contributed by atoms with Crippen LogP contribution in [0.1, 0.15) is 34.6 Å². The number of rotatable bonds is 1. The SMILES string of the molecule is CC(C)(C)C(C)(C)C(=O)N=[N+]=[N-]. The Balaban J connectivity index is 4.85. The minimum atomic E-state index is -0.612. The average molecular weight is 169 g/mol. The van der Waals surface area contributed by atoms with Gasteiger partial charge < -0.3 is 0 Å². The van der Waals surface area contributed by atoms with Crippen LogP contribution in [0.5, 0.6) is 0 Å². The Hall–Kier alpha value is -1.02. The van der Waals surface area contributed by atoms with E-state index >= 15 is 0 Å². The molecule has 0 aliphatic carbocycles. The first-order valence-electron chi connectivity index (χ1n) is 3.83. The third-order valence-corrected chi connectivity index (χ3v) is 2.55. The fourth-order valence-electron chi connectivity index (χ4n) is 0.486. The molecule has 4 nitrogen and oxygen atoms in total. The molecule has 0 rings (SSSR count). The van der Waals surface area contributed by atoms with E-state index < -0.39 is 11.3 Å². The van der Waals surface area contributed by atoms with Gasteiger partial charge in [0.05, 0.1) is 0 Å². The second-order valence-corrected chi connectivity index (χ2v) is 4.37. The molecule has 0 saturated heterocycles. The van der Waals surface area contributed by atoms with E-state index in [2.05, 4.69) is 10.0 Å². The van der Waals surface area contributed by atoms with Crippen LogP contribution in [0.2, 0.25) is 0 Å². The number of azide groups is 1. The molecule has 12 heavy (non-hydrogen) atoms. The van der Waals surface area contributed by atoms with Crippen LogP contribution in [0.25, 0.3) is 10.4 Å². The summed E-state index contributed by atoms with van der Waals surface area (Å²) in [6.07, 6.45) is 0. The topological polar surface area (TPSA) is 65.8 Å². The van der Waals surface area contributed by atoms with Gasteiger partial charge in [0.1, 0.15) is 0 Å². The maximum Gasteiger partial charge on any atom is 0.225 e. The van der Waals surface area contributed by atoms with Crippen molar-refractivity contribution in [2.45, 2.75) is 34.6 Å². The van der Waals surface area contributed by atoms with Gasteiger partial charge in [-0.1, -0.05) is 34.6 Å². The van der Waals surface area contributed by atoms with Gasteiger partial charge in [0.15, 0.2) is 0 Å². The van der Waals surface area contributed by atoms with Crippen LogP contribution in [-0.2, 0) is 4.79 Å². The van der Waals surface area contributed by atoms with Crippen LogP contribution in [-0.4, -0.2) is 5.91 Å². The van der Waals surface area contributed by atoms with Crippen molar-refractivity contribution in [1.82, 2.24) is 0 Å². The average Bonchev–Trinajstić information content (AvgIpc) is 1.85.